The van der Waals surface area contributed by atoms with Crippen molar-refractivity contribution in [2.75, 3.05) is 0 Å². The molecular formula is C19H25N3O3+2. The number of hydrogen-bond acceptors (Lipinski definition) is 3. The van der Waals surface area contributed by atoms with Crippen molar-refractivity contribution in [3.8, 4) is 5.75 Å². The highest BCUT2D eigenvalue weighted by Gasteiger charge is 2.24. The number of aromatic hydroxyl groups is 1. The van der Waals surface area contributed by atoms with Crippen LogP contribution in [0.15, 0.2) is 41.5 Å². The second-order valence-electron chi connectivity index (χ2n) is 7.04. The molecule has 1 aliphatic carbocycles. The van der Waals surface area contributed by atoms with E-state index in [9.17, 15) is 9.90 Å². The molecule has 0 saturated heterocycles. The highest BCUT2D eigenvalue weighted by atomic mass is 16.4. The number of phenols is 1. The zero-order valence-corrected chi connectivity index (χ0v) is 14.8. The van der Waals surface area contributed by atoms with Crippen molar-refractivity contribution in [3.63, 3.8) is 0 Å². The van der Waals surface area contributed by atoms with Gasteiger partial charge in [0.1, 0.15) is 0 Å². The molecule has 0 aliphatic heterocycles. The Morgan fingerprint density at radius 1 is 1.24 bits per heavy atom. The Labute approximate surface area is 147 Å². The Kier molecular flexibility index (Phi) is 5.54. The Balaban J connectivity index is 2.38. The van der Waals surface area contributed by atoms with E-state index in [1.807, 2.05) is 39.0 Å². The lowest BCUT2D eigenvalue weighted by atomic mass is 9.84. The third kappa shape index (κ3) is 4.87. The predicted octanol–water partition coefficient (Wildman–Crippen LogP) is 0.584. The molecule has 1 aromatic rings. The average Bonchev–Trinajstić information content (AvgIpc) is 2.52. The number of carboxylic acid groups (broad SMARTS) is 1. The standard InChI is InChI=1S/C19H23N3O3/c1-19(2,3)13-10-12(8-9-17(23)24)11-16(18(13)25)22-21-15-7-5-4-6-14(15)20/h4-7,10-11,20,22,25H,8-9H2,1-3H3,(H,23,24)/p+2. The SMILES string of the molecule is CC(C)(C)c1cc(CCC(=O)O)cc([NH2+]N=C2C=CC=CC2=[NH2+])c1O. The van der Waals surface area contributed by atoms with Crippen LogP contribution in [0.2, 0.25) is 0 Å². The van der Waals surface area contributed by atoms with Crippen molar-refractivity contribution in [1.29, 1.82) is 0 Å². The minimum atomic E-state index is -0.849. The van der Waals surface area contributed by atoms with Gasteiger partial charge in [-0.1, -0.05) is 44.1 Å². The lowest BCUT2D eigenvalue weighted by Crippen LogP contribution is -2.72. The molecule has 0 aromatic heterocycles. The summed E-state index contributed by atoms with van der Waals surface area (Å²) >= 11 is 0. The fourth-order valence-corrected chi connectivity index (χ4v) is 2.53. The van der Waals surface area contributed by atoms with Crippen molar-refractivity contribution in [3.05, 3.63) is 47.6 Å². The number of nitrogens with two attached hydrogens (primary N) is 2. The van der Waals surface area contributed by atoms with Gasteiger partial charge in [0.15, 0.2) is 17.1 Å². The molecule has 0 radical (unpaired) electrons. The summed E-state index contributed by atoms with van der Waals surface area (Å²) in [5.74, 6) is -0.692. The number of phenolic OH excluding ortho intramolecular Hbond substituents is 1. The lowest BCUT2D eigenvalue weighted by Gasteiger charge is -2.21. The predicted molar refractivity (Wildman–Crippen MR) is 97.0 cm³/mol. The molecule has 0 amide bonds. The van der Waals surface area contributed by atoms with Gasteiger partial charge in [0, 0.05) is 24.1 Å². The molecule has 0 unspecified atom stereocenters. The van der Waals surface area contributed by atoms with E-state index in [0.29, 0.717) is 23.5 Å². The van der Waals surface area contributed by atoms with Crippen LogP contribution in [0, 0.1) is 0 Å². The van der Waals surface area contributed by atoms with E-state index >= 15 is 0 Å². The molecule has 0 heterocycles. The topological polar surface area (TPSA) is 112 Å². The number of aryl methyl sites for hydroxylation is 1. The van der Waals surface area contributed by atoms with Crippen LogP contribution in [0.5, 0.6) is 5.75 Å². The molecule has 0 atom stereocenters. The van der Waals surface area contributed by atoms with Gasteiger partial charge in [0.05, 0.1) is 0 Å². The minimum absolute atomic E-state index is 0.0383. The quantitative estimate of drug-likeness (QED) is 0.206. The van der Waals surface area contributed by atoms with Crippen LogP contribution >= 0.6 is 0 Å². The number of carbonyl (C=O) groups is 1. The fraction of sp³-hybridized carbons (Fsp3) is 0.316. The van der Waals surface area contributed by atoms with Crippen LogP contribution in [0.3, 0.4) is 0 Å². The highest BCUT2D eigenvalue weighted by Crippen LogP contribution is 2.35. The summed E-state index contributed by atoms with van der Waals surface area (Å²) in [5.41, 5.74) is 4.63. The van der Waals surface area contributed by atoms with Crippen molar-refractivity contribution in [2.24, 2.45) is 5.10 Å². The van der Waals surface area contributed by atoms with Crippen LogP contribution in [0.1, 0.15) is 38.3 Å². The third-order valence-corrected chi connectivity index (χ3v) is 3.91. The highest BCUT2D eigenvalue weighted by molar-refractivity contribution is 6.48. The van der Waals surface area contributed by atoms with Crippen molar-refractivity contribution in [2.45, 2.75) is 39.0 Å². The molecule has 132 valence electrons. The molecule has 0 spiro atoms. The van der Waals surface area contributed by atoms with Gasteiger partial charge in [0.25, 0.3) is 0 Å². The summed E-state index contributed by atoms with van der Waals surface area (Å²) in [6, 6.07) is 3.64. The molecule has 25 heavy (non-hydrogen) atoms. The molecule has 1 aliphatic rings. The Bertz CT molecular complexity index is 784. The summed E-state index contributed by atoms with van der Waals surface area (Å²) in [6.45, 7) is 6.00. The van der Waals surface area contributed by atoms with E-state index < -0.39 is 5.97 Å². The summed E-state index contributed by atoms with van der Waals surface area (Å²) in [4.78, 5) is 10.9. The maximum absolute atomic E-state index is 10.9. The van der Waals surface area contributed by atoms with Crippen LogP contribution in [-0.4, -0.2) is 27.6 Å². The molecule has 0 saturated carbocycles. The van der Waals surface area contributed by atoms with Crippen LogP contribution in [0.25, 0.3) is 0 Å². The Hall–Kier alpha value is -2.73. The molecule has 6 nitrogen and oxygen atoms in total. The van der Waals surface area contributed by atoms with Crippen molar-refractivity contribution < 1.29 is 25.8 Å². The number of aliphatic carboxylic acids is 1. The summed E-state index contributed by atoms with van der Waals surface area (Å²) in [5, 5.41) is 29.8. The Morgan fingerprint density at radius 2 is 1.92 bits per heavy atom. The van der Waals surface area contributed by atoms with Gasteiger partial charge in [-0.3, -0.25) is 10.2 Å². The number of rotatable bonds is 5. The molecule has 1 aromatic carbocycles. The fourth-order valence-electron chi connectivity index (χ4n) is 2.53. The van der Waals surface area contributed by atoms with E-state index in [0.717, 1.165) is 11.1 Å². The van der Waals surface area contributed by atoms with Gasteiger partial charge < -0.3 is 10.2 Å². The number of nitrogens with zero attached hydrogens (tertiary/aromatic N) is 1. The first-order chi connectivity index (χ1) is 11.7. The molecule has 6 heteroatoms. The van der Waals surface area contributed by atoms with Crippen LogP contribution in [-0.2, 0) is 16.6 Å². The van der Waals surface area contributed by atoms with Crippen molar-refractivity contribution >= 4 is 23.1 Å². The normalized spacial score (nSPS) is 15.8. The first kappa shape index (κ1) is 18.6. The van der Waals surface area contributed by atoms with E-state index in [1.54, 1.807) is 23.6 Å². The average molecular weight is 343 g/mol. The molecular weight excluding hydrogens is 318 g/mol. The minimum Gasteiger partial charge on any atom is -0.502 e. The summed E-state index contributed by atoms with van der Waals surface area (Å²) in [7, 11) is 0. The van der Waals surface area contributed by atoms with Crippen LogP contribution in [0.4, 0.5) is 5.69 Å². The first-order valence-electron chi connectivity index (χ1n) is 8.15. The van der Waals surface area contributed by atoms with Gasteiger partial charge in [-0.05, 0) is 23.5 Å². The summed E-state index contributed by atoms with van der Waals surface area (Å²) in [6.07, 6.45) is 7.66. The van der Waals surface area contributed by atoms with Gasteiger partial charge >= 0.3 is 5.97 Å². The largest absolute Gasteiger partial charge is 0.502 e. The lowest BCUT2D eigenvalue weighted by molar-refractivity contribution is -0.577. The zero-order chi connectivity index (χ0) is 18.6. The maximum atomic E-state index is 10.9. The molecule has 0 bridgehead atoms. The number of allylic oxidation sites excluding steroid dienone is 4. The van der Waals surface area contributed by atoms with Gasteiger partial charge in [0.2, 0.25) is 5.71 Å². The second kappa shape index (κ2) is 7.44. The van der Waals surface area contributed by atoms with E-state index in [2.05, 4.69) is 5.10 Å². The Morgan fingerprint density at radius 3 is 2.52 bits per heavy atom. The molecule has 0 fully saturated rings. The number of hydrogen-bond donors (Lipinski definition) is 4. The summed E-state index contributed by atoms with van der Waals surface area (Å²) < 4.78 is 0. The smallest absolute Gasteiger partial charge is 0.303 e. The van der Waals surface area contributed by atoms with E-state index in [4.69, 9.17) is 10.5 Å². The number of quaternary nitrogens is 1. The maximum Gasteiger partial charge on any atom is 0.303 e. The van der Waals surface area contributed by atoms with Crippen molar-refractivity contribution in [1.82, 2.24) is 0 Å². The first-order valence-corrected chi connectivity index (χ1v) is 8.15. The molecule has 6 N–H and O–H groups in total. The number of carboxylic acids is 1. The van der Waals surface area contributed by atoms with Gasteiger partial charge in [-0.2, -0.15) is 5.43 Å². The molecule has 2 rings (SSSR count). The zero-order valence-electron chi connectivity index (χ0n) is 14.8. The van der Waals surface area contributed by atoms with E-state index in [1.165, 1.54) is 0 Å². The van der Waals surface area contributed by atoms with E-state index in [-0.39, 0.29) is 17.6 Å². The second-order valence-corrected chi connectivity index (χ2v) is 7.04. The number of benzene rings is 1. The van der Waals surface area contributed by atoms with Gasteiger partial charge in [-0.25, -0.2) is 0 Å². The van der Waals surface area contributed by atoms with Crippen LogP contribution < -0.4 is 10.8 Å². The third-order valence-electron chi connectivity index (χ3n) is 3.91. The van der Waals surface area contributed by atoms with Gasteiger partial charge in [-0.15, -0.1) is 0 Å². The monoisotopic (exact) mass is 343 g/mol.